The highest BCUT2D eigenvalue weighted by atomic mass is 16.6. The number of ketones is 1. The van der Waals surface area contributed by atoms with E-state index in [2.05, 4.69) is 5.32 Å². The normalized spacial score (nSPS) is 12.5. The first-order valence-corrected chi connectivity index (χ1v) is 8.45. The molecule has 0 bridgehead atoms. The molecule has 1 aromatic rings. The summed E-state index contributed by atoms with van der Waals surface area (Å²) in [7, 11) is 0. The minimum atomic E-state index is -0.573. The van der Waals surface area contributed by atoms with Gasteiger partial charge in [-0.15, -0.1) is 0 Å². The van der Waals surface area contributed by atoms with Crippen molar-refractivity contribution < 1.29 is 19.1 Å². The number of carbonyl (C=O) groups excluding carboxylic acids is 2. The molecule has 24 heavy (non-hydrogen) atoms. The van der Waals surface area contributed by atoms with E-state index in [0.717, 1.165) is 5.56 Å². The molecule has 0 saturated carbocycles. The van der Waals surface area contributed by atoms with Crippen LogP contribution in [0.3, 0.4) is 0 Å². The van der Waals surface area contributed by atoms with Crippen LogP contribution in [-0.4, -0.2) is 30.1 Å². The number of carbonyl (C=O) groups is 2. The quantitative estimate of drug-likeness (QED) is 0.696. The van der Waals surface area contributed by atoms with Crippen molar-refractivity contribution in [3.8, 4) is 0 Å². The number of hydrogen-bond acceptors (Lipinski definition) is 4. The van der Waals surface area contributed by atoms with Crippen molar-refractivity contribution >= 4 is 11.9 Å². The molecule has 0 radical (unpaired) electrons. The smallest absolute Gasteiger partial charge is 0.408 e. The molecule has 1 atom stereocenters. The molecular formula is C19H29NO4. The molecule has 1 amide bonds. The Kier molecular flexibility index (Phi) is 8.47. The summed E-state index contributed by atoms with van der Waals surface area (Å²) in [5.41, 5.74) is 0.540. The maximum absolute atomic E-state index is 12.2. The number of rotatable bonds is 9. The van der Waals surface area contributed by atoms with E-state index in [4.69, 9.17) is 9.47 Å². The highest BCUT2D eigenvalue weighted by molar-refractivity contribution is 5.87. The van der Waals surface area contributed by atoms with Crippen LogP contribution in [0.15, 0.2) is 30.3 Å². The number of amides is 1. The third-order valence-corrected chi connectivity index (χ3v) is 3.31. The van der Waals surface area contributed by atoms with Crippen LogP contribution in [0.25, 0.3) is 0 Å². The second kappa shape index (κ2) is 10.1. The zero-order valence-electron chi connectivity index (χ0n) is 15.1. The van der Waals surface area contributed by atoms with Crippen molar-refractivity contribution in [1.29, 1.82) is 0 Å². The number of alkyl carbamates (subject to hydrolysis) is 1. The molecule has 5 nitrogen and oxygen atoms in total. The molecule has 0 spiro atoms. The average molecular weight is 335 g/mol. The van der Waals surface area contributed by atoms with Gasteiger partial charge in [0.05, 0.1) is 12.6 Å². The van der Waals surface area contributed by atoms with Crippen LogP contribution in [0.2, 0.25) is 0 Å². The molecule has 1 aromatic carbocycles. The zero-order chi connectivity index (χ0) is 18.0. The fourth-order valence-corrected chi connectivity index (χ4v) is 2.15. The molecule has 0 fully saturated rings. The number of nitrogens with one attached hydrogen (secondary N) is 1. The third kappa shape index (κ3) is 8.67. The van der Waals surface area contributed by atoms with Crippen molar-refractivity contribution in [3.05, 3.63) is 35.9 Å². The molecule has 0 aromatic heterocycles. The maximum atomic E-state index is 12.2. The third-order valence-electron chi connectivity index (χ3n) is 3.31. The SMILES string of the molecule is CCC(NC(=O)OC(C)(C)C)C(=O)CCCOCc1ccccc1. The highest BCUT2D eigenvalue weighted by Gasteiger charge is 2.22. The van der Waals surface area contributed by atoms with E-state index in [1.54, 1.807) is 20.8 Å². The van der Waals surface area contributed by atoms with Gasteiger partial charge in [0.1, 0.15) is 5.60 Å². The van der Waals surface area contributed by atoms with E-state index in [0.29, 0.717) is 32.5 Å². The van der Waals surface area contributed by atoms with E-state index in [1.807, 2.05) is 37.3 Å². The van der Waals surface area contributed by atoms with Gasteiger partial charge in [0.15, 0.2) is 5.78 Å². The van der Waals surface area contributed by atoms with Crippen LogP contribution in [0.1, 0.15) is 52.5 Å². The lowest BCUT2D eigenvalue weighted by Gasteiger charge is -2.22. The summed E-state index contributed by atoms with van der Waals surface area (Å²) in [6, 6.07) is 9.40. The van der Waals surface area contributed by atoms with Gasteiger partial charge >= 0.3 is 6.09 Å². The molecule has 0 saturated heterocycles. The number of Topliss-reactive ketones (excluding diaryl/α,β-unsaturated/α-hetero) is 1. The van der Waals surface area contributed by atoms with Gasteiger partial charge in [-0.3, -0.25) is 4.79 Å². The van der Waals surface area contributed by atoms with Crippen molar-refractivity contribution in [2.45, 2.75) is 65.2 Å². The summed E-state index contributed by atoms with van der Waals surface area (Å²) in [6.07, 6.45) is 1.01. The summed E-state index contributed by atoms with van der Waals surface area (Å²) in [6.45, 7) is 8.30. The monoisotopic (exact) mass is 335 g/mol. The molecule has 134 valence electrons. The van der Waals surface area contributed by atoms with E-state index < -0.39 is 17.7 Å². The number of hydrogen-bond donors (Lipinski definition) is 1. The molecule has 1 N–H and O–H groups in total. The van der Waals surface area contributed by atoms with E-state index in [1.165, 1.54) is 0 Å². The van der Waals surface area contributed by atoms with Gasteiger partial charge in [-0.1, -0.05) is 37.3 Å². The topological polar surface area (TPSA) is 64.6 Å². The molecule has 0 aliphatic rings. The van der Waals surface area contributed by atoms with E-state index >= 15 is 0 Å². The second-order valence-corrected chi connectivity index (χ2v) is 6.72. The molecular weight excluding hydrogens is 306 g/mol. The summed E-state index contributed by atoms with van der Waals surface area (Å²) < 4.78 is 10.8. The molecule has 0 aliphatic heterocycles. The van der Waals surface area contributed by atoms with Crippen molar-refractivity contribution in [1.82, 2.24) is 5.32 Å². The summed E-state index contributed by atoms with van der Waals surface area (Å²) in [4.78, 5) is 23.9. The van der Waals surface area contributed by atoms with Crippen molar-refractivity contribution in [3.63, 3.8) is 0 Å². The lowest BCUT2D eigenvalue weighted by atomic mass is 10.1. The standard InChI is InChI=1S/C19H29NO4/c1-5-16(20-18(22)24-19(2,3)4)17(21)12-9-13-23-14-15-10-7-6-8-11-15/h6-8,10-11,16H,5,9,12-14H2,1-4H3,(H,20,22). The highest BCUT2D eigenvalue weighted by Crippen LogP contribution is 2.08. The lowest BCUT2D eigenvalue weighted by Crippen LogP contribution is -2.43. The van der Waals surface area contributed by atoms with Crippen LogP contribution >= 0.6 is 0 Å². The van der Waals surface area contributed by atoms with Gasteiger partial charge in [-0.05, 0) is 39.2 Å². The summed E-state index contributed by atoms with van der Waals surface area (Å²) >= 11 is 0. The Morgan fingerprint density at radius 3 is 2.42 bits per heavy atom. The van der Waals surface area contributed by atoms with Gasteiger partial charge in [0, 0.05) is 13.0 Å². The lowest BCUT2D eigenvalue weighted by molar-refractivity contribution is -0.121. The molecule has 1 unspecified atom stereocenters. The first-order chi connectivity index (χ1) is 11.3. The molecule has 0 aliphatic carbocycles. The minimum absolute atomic E-state index is 0.00618. The maximum Gasteiger partial charge on any atom is 0.408 e. The van der Waals surface area contributed by atoms with Gasteiger partial charge in [-0.25, -0.2) is 4.79 Å². The molecule has 5 heteroatoms. The predicted octanol–water partition coefficient (Wildman–Crippen LogP) is 3.86. The first kappa shape index (κ1) is 20.2. The fraction of sp³-hybridized carbons (Fsp3) is 0.579. The Bertz CT molecular complexity index is 508. The van der Waals surface area contributed by atoms with Crippen LogP contribution in [0.4, 0.5) is 4.79 Å². The van der Waals surface area contributed by atoms with Gasteiger partial charge in [-0.2, -0.15) is 0 Å². The largest absolute Gasteiger partial charge is 0.444 e. The van der Waals surface area contributed by atoms with Crippen molar-refractivity contribution in [2.24, 2.45) is 0 Å². The Labute approximate surface area is 144 Å². The van der Waals surface area contributed by atoms with Crippen LogP contribution in [0, 0.1) is 0 Å². The van der Waals surface area contributed by atoms with Crippen LogP contribution in [-0.2, 0) is 20.9 Å². The van der Waals surface area contributed by atoms with E-state index in [9.17, 15) is 9.59 Å². The van der Waals surface area contributed by atoms with Gasteiger partial charge in [0.2, 0.25) is 0 Å². The van der Waals surface area contributed by atoms with Crippen LogP contribution in [0.5, 0.6) is 0 Å². The Morgan fingerprint density at radius 1 is 1.17 bits per heavy atom. The fourth-order valence-electron chi connectivity index (χ4n) is 2.15. The van der Waals surface area contributed by atoms with Gasteiger partial charge < -0.3 is 14.8 Å². The second-order valence-electron chi connectivity index (χ2n) is 6.72. The Balaban J connectivity index is 2.25. The number of ether oxygens (including phenoxy) is 2. The predicted molar refractivity (Wildman–Crippen MR) is 93.8 cm³/mol. The zero-order valence-corrected chi connectivity index (χ0v) is 15.1. The average Bonchev–Trinajstić information content (AvgIpc) is 2.51. The summed E-state index contributed by atoms with van der Waals surface area (Å²) in [5.74, 6) is 0.00618. The summed E-state index contributed by atoms with van der Waals surface area (Å²) in [5, 5.41) is 2.64. The number of benzene rings is 1. The first-order valence-electron chi connectivity index (χ1n) is 8.45. The van der Waals surface area contributed by atoms with E-state index in [-0.39, 0.29) is 5.78 Å². The van der Waals surface area contributed by atoms with Crippen LogP contribution < -0.4 is 5.32 Å². The van der Waals surface area contributed by atoms with Gasteiger partial charge in [0.25, 0.3) is 0 Å². The Hall–Kier alpha value is -1.88. The van der Waals surface area contributed by atoms with Crippen molar-refractivity contribution in [2.75, 3.05) is 6.61 Å². The molecule has 0 heterocycles. The minimum Gasteiger partial charge on any atom is -0.444 e. The Morgan fingerprint density at radius 2 is 1.83 bits per heavy atom. The molecule has 1 rings (SSSR count).